The number of benzene rings is 1. The second kappa shape index (κ2) is 8.37. The minimum Gasteiger partial charge on any atom is -0.497 e. The highest BCUT2D eigenvalue weighted by Crippen LogP contribution is 2.14. The van der Waals surface area contributed by atoms with Crippen LogP contribution in [-0.2, 0) is 6.42 Å². The van der Waals surface area contributed by atoms with E-state index < -0.39 is 0 Å². The van der Waals surface area contributed by atoms with E-state index >= 15 is 0 Å². The van der Waals surface area contributed by atoms with Crippen molar-refractivity contribution in [2.45, 2.75) is 19.4 Å². The van der Waals surface area contributed by atoms with Crippen LogP contribution in [0.1, 0.15) is 12.5 Å². The van der Waals surface area contributed by atoms with Gasteiger partial charge in [-0.15, -0.1) is 0 Å². The monoisotopic (exact) mass is 291 g/mol. The van der Waals surface area contributed by atoms with Crippen LogP contribution in [0.2, 0.25) is 0 Å². The van der Waals surface area contributed by atoms with Gasteiger partial charge in [0.25, 0.3) is 0 Å². The first kappa shape index (κ1) is 16.3. The normalized spacial score (nSPS) is 17.9. The molecule has 21 heavy (non-hydrogen) atoms. The molecule has 1 atom stereocenters. The molecule has 1 fully saturated rings. The molecule has 1 aromatic carbocycles. The molecular formula is C17H29N3O. The Morgan fingerprint density at radius 1 is 1.24 bits per heavy atom. The molecular weight excluding hydrogens is 262 g/mol. The number of piperazine rings is 1. The van der Waals surface area contributed by atoms with Gasteiger partial charge >= 0.3 is 0 Å². The van der Waals surface area contributed by atoms with Gasteiger partial charge in [0, 0.05) is 45.3 Å². The summed E-state index contributed by atoms with van der Waals surface area (Å²) in [6.45, 7) is 9.24. The van der Waals surface area contributed by atoms with E-state index in [4.69, 9.17) is 4.74 Å². The average Bonchev–Trinajstić information content (AvgIpc) is 2.54. The predicted molar refractivity (Wildman–Crippen MR) is 88.1 cm³/mol. The van der Waals surface area contributed by atoms with Gasteiger partial charge in [-0.3, -0.25) is 4.90 Å². The fourth-order valence-electron chi connectivity index (χ4n) is 2.71. The quantitative estimate of drug-likeness (QED) is 0.823. The topological polar surface area (TPSA) is 27.7 Å². The van der Waals surface area contributed by atoms with E-state index in [0.29, 0.717) is 6.04 Å². The molecule has 2 rings (SSSR count). The summed E-state index contributed by atoms with van der Waals surface area (Å²) in [6.07, 6.45) is 1.09. The van der Waals surface area contributed by atoms with Gasteiger partial charge in [0.15, 0.2) is 0 Å². The van der Waals surface area contributed by atoms with Gasteiger partial charge in [0.05, 0.1) is 7.11 Å². The molecule has 1 aliphatic rings. The van der Waals surface area contributed by atoms with Crippen LogP contribution in [0.3, 0.4) is 0 Å². The summed E-state index contributed by atoms with van der Waals surface area (Å²) < 4.78 is 5.21. The zero-order valence-electron chi connectivity index (χ0n) is 13.6. The number of hydrogen-bond donors (Lipinski definition) is 1. The van der Waals surface area contributed by atoms with Gasteiger partial charge < -0.3 is 15.0 Å². The molecule has 0 amide bonds. The van der Waals surface area contributed by atoms with Crippen LogP contribution in [0.5, 0.6) is 5.75 Å². The smallest absolute Gasteiger partial charge is 0.118 e. The SMILES string of the molecule is COc1ccc(CC(C)N(C)CCN2CCNCC2)cc1. The zero-order chi connectivity index (χ0) is 15.1. The molecule has 1 heterocycles. The van der Waals surface area contributed by atoms with Crippen LogP contribution < -0.4 is 10.1 Å². The third-order valence-electron chi connectivity index (χ3n) is 4.42. The van der Waals surface area contributed by atoms with Crippen LogP contribution >= 0.6 is 0 Å². The molecule has 0 saturated carbocycles. The van der Waals surface area contributed by atoms with Gasteiger partial charge in [0.1, 0.15) is 5.75 Å². The van der Waals surface area contributed by atoms with E-state index in [1.54, 1.807) is 7.11 Å². The Hall–Kier alpha value is -1.10. The zero-order valence-corrected chi connectivity index (χ0v) is 13.6. The maximum absolute atomic E-state index is 5.21. The Balaban J connectivity index is 1.74. The van der Waals surface area contributed by atoms with E-state index in [1.165, 1.54) is 25.2 Å². The molecule has 0 radical (unpaired) electrons. The van der Waals surface area contributed by atoms with Crippen molar-refractivity contribution in [1.29, 1.82) is 0 Å². The molecule has 4 nitrogen and oxygen atoms in total. The maximum Gasteiger partial charge on any atom is 0.118 e. The number of nitrogens with one attached hydrogen (secondary N) is 1. The van der Waals surface area contributed by atoms with Crippen LogP contribution in [0.4, 0.5) is 0 Å². The molecule has 1 aromatic rings. The minimum absolute atomic E-state index is 0.557. The first-order valence-corrected chi connectivity index (χ1v) is 7.95. The second-order valence-corrected chi connectivity index (χ2v) is 5.97. The highest BCUT2D eigenvalue weighted by molar-refractivity contribution is 5.27. The average molecular weight is 291 g/mol. The molecule has 1 aliphatic heterocycles. The lowest BCUT2D eigenvalue weighted by molar-refractivity contribution is 0.182. The molecule has 0 spiro atoms. The lowest BCUT2D eigenvalue weighted by Crippen LogP contribution is -2.46. The van der Waals surface area contributed by atoms with Crippen molar-refractivity contribution in [2.24, 2.45) is 0 Å². The van der Waals surface area contributed by atoms with Crippen molar-refractivity contribution in [3.8, 4) is 5.75 Å². The van der Waals surface area contributed by atoms with Gasteiger partial charge in [-0.25, -0.2) is 0 Å². The van der Waals surface area contributed by atoms with Crippen LogP contribution in [0, 0.1) is 0 Å². The first-order valence-electron chi connectivity index (χ1n) is 7.95. The van der Waals surface area contributed by atoms with E-state index in [1.807, 2.05) is 12.1 Å². The number of likely N-dealkylation sites (N-methyl/N-ethyl adjacent to an activating group) is 1. The summed E-state index contributed by atoms with van der Waals surface area (Å²) in [5, 5.41) is 3.40. The van der Waals surface area contributed by atoms with Gasteiger partial charge in [-0.05, 0) is 38.1 Å². The molecule has 0 aromatic heterocycles. The van der Waals surface area contributed by atoms with Crippen LogP contribution in [-0.4, -0.2) is 69.3 Å². The van der Waals surface area contributed by atoms with Gasteiger partial charge in [-0.1, -0.05) is 12.1 Å². The standard InChI is InChI=1S/C17H29N3O/c1-15(14-16-4-6-17(21-3)7-5-16)19(2)12-13-20-10-8-18-9-11-20/h4-7,15,18H,8-14H2,1-3H3. The number of methoxy groups -OCH3 is 1. The van der Waals surface area contributed by atoms with Crippen molar-refractivity contribution in [1.82, 2.24) is 15.1 Å². The second-order valence-electron chi connectivity index (χ2n) is 5.97. The third-order valence-corrected chi connectivity index (χ3v) is 4.42. The molecule has 0 aliphatic carbocycles. The van der Waals surface area contributed by atoms with Crippen molar-refractivity contribution >= 4 is 0 Å². The van der Waals surface area contributed by atoms with Crippen molar-refractivity contribution in [3.05, 3.63) is 29.8 Å². The molecule has 1 unspecified atom stereocenters. The summed E-state index contributed by atoms with van der Waals surface area (Å²) in [4.78, 5) is 5.01. The summed E-state index contributed by atoms with van der Waals surface area (Å²) in [7, 11) is 3.94. The largest absolute Gasteiger partial charge is 0.497 e. The highest BCUT2D eigenvalue weighted by Gasteiger charge is 2.13. The Labute approximate surface area is 129 Å². The van der Waals surface area contributed by atoms with Crippen molar-refractivity contribution in [2.75, 3.05) is 53.4 Å². The summed E-state index contributed by atoms with van der Waals surface area (Å²) in [6, 6.07) is 8.98. The minimum atomic E-state index is 0.557. The fourth-order valence-corrected chi connectivity index (χ4v) is 2.71. The Bertz CT molecular complexity index is 401. The number of rotatable bonds is 7. The van der Waals surface area contributed by atoms with Gasteiger partial charge in [-0.2, -0.15) is 0 Å². The van der Waals surface area contributed by atoms with E-state index in [2.05, 4.69) is 41.2 Å². The molecule has 1 N–H and O–H groups in total. The van der Waals surface area contributed by atoms with E-state index in [0.717, 1.165) is 31.8 Å². The van der Waals surface area contributed by atoms with Crippen molar-refractivity contribution < 1.29 is 4.74 Å². The number of nitrogens with zero attached hydrogens (tertiary/aromatic N) is 2. The number of hydrogen-bond acceptors (Lipinski definition) is 4. The summed E-state index contributed by atoms with van der Waals surface area (Å²) in [5.74, 6) is 0.929. The third kappa shape index (κ3) is 5.30. The Morgan fingerprint density at radius 3 is 2.52 bits per heavy atom. The Kier molecular flexibility index (Phi) is 6.49. The summed E-state index contributed by atoms with van der Waals surface area (Å²) in [5.41, 5.74) is 1.37. The van der Waals surface area contributed by atoms with E-state index in [9.17, 15) is 0 Å². The maximum atomic E-state index is 5.21. The molecule has 1 saturated heterocycles. The molecule has 4 heteroatoms. The first-order chi connectivity index (χ1) is 10.2. The fraction of sp³-hybridized carbons (Fsp3) is 0.647. The summed E-state index contributed by atoms with van der Waals surface area (Å²) >= 11 is 0. The lowest BCUT2D eigenvalue weighted by atomic mass is 10.1. The molecule has 0 bridgehead atoms. The number of ether oxygens (including phenoxy) is 1. The van der Waals surface area contributed by atoms with Crippen LogP contribution in [0.25, 0.3) is 0 Å². The lowest BCUT2D eigenvalue weighted by Gasteiger charge is -2.31. The van der Waals surface area contributed by atoms with Crippen LogP contribution in [0.15, 0.2) is 24.3 Å². The predicted octanol–water partition coefficient (Wildman–Crippen LogP) is 1.46. The molecule has 118 valence electrons. The Morgan fingerprint density at radius 2 is 1.90 bits per heavy atom. The van der Waals surface area contributed by atoms with Gasteiger partial charge in [0.2, 0.25) is 0 Å². The van der Waals surface area contributed by atoms with Crippen molar-refractivity contribution in [3.63, 3.8) is 0 Å². The van der Waals surface area contributed by atoms with E-state index in [-0.39, 0.29) is 0 Å². The highest BCUT2D eigenvalue weighted by atomic mass is 16.5.